The molecule has 0 radical (unpaired) electrons. The molecule has 0 unspecified atom stereocenters. The van der Waals surface area contributed by atoms with Gasteiger partial charge in [-0.05, 0) is 19.6 Å². The Morgan fingerprint density at radius 3 is 2.50 bits per heavy atom. The zero-order chi connectivity index (χ0) is 12.5. The Morgan fingerprint density at radius 2 is 2.06 bits per heavy atom. The van der Waals surface area contributed by atoms with Crippen molar-refractivity contribution in [1.29, 1.82) is 0 Å². The lowest BCUT2D eigenvalue weighted by molar-refractivity contribution is -0.147. The molecule has 0 amide bonds. The van der Waals surface area contributed by atoms with Gasteiger partial charge in [0.15, 0.2) is 11.9 Å². The number of carbonyl (C=O) groups is 1. The molecule has 0 saturated carbocycles. The standard InChI is InChI=1S/C9H16O6Si/c1-16(2,3)15-8-6(12)9(13)14-7(8)5(11)4-10/h5,7,10-12H,4H2,1-3H3/t5-,7+/m0/s1. The molecule has 3 N–H and O–H groups in total. The Hall–Kier alpha value is -1.05. The average molecular weight is 248 g/mol. The van der Waals surface area contributed by atoms with Crippen LogP contribution in [0.15, 0.2) is 11.5 Å². The van der Waals surface area contributed by atoms with E-state index in [4.69, 9.17) is 14.3 Å². The van der Waals surface area contributed by atoms with Gasteiger partial charge in [0, 0.05) is 0 Å². The largest absolute Gasteiger partial charge is 0.542 e. The van der Waals surface area contributed by atoms with Gasteiger partial charge in [0.2, 0.25) is 14.1 Å². The van der Waals surface area contributed by atoms with E-state index in [0.29, 0.717) is 0 Å². The minimum absolute atomic E-state index is 0.0780. The second kappa shape index (κ2) is 4.44. The first-order chi connectivity index (χ1) is 7.26. The van der Waals surface area contributed by atoms with E-state index in [2.05, 4.69) is 0 Å². The Morgan fingerprint density at radius 1 is 1.50 bits per heavy atom. The van der Waals surface area contributed by atoms with Gasteiger partial charge >= 0.3 is 5.97 Å². The highest BCUT2D eigenvalue weighted by atomic mass is 28.4. The summed E-state index contributed by atoms with van der Waals surface area (Å²) in [5.74, 6) is -1.64. The molecule has 0 fully saturated rings. The van der Waals surface area contributed by atoms with Gasteiger partial charge in [-0.15, -0.1) is 0 Å². The highest BCUT2D eigenvalue weighted by molar-refractivity contribution is 6.70. The smallest absolute Gasteiger partial charge is 0.377 e. The van der Waals surface area contributed by atoms with Crippen LogP contribution in [-0.4, -0.2) is 48.4 Å². The zero-order valence-electron chi connectivity index (χ0n) is 9.43. The quantitative estimate of drug-likeness (QED) is 0.474. The summed E-state index contributed by atoms with van der Waals surface area (Å²) >= 11 is 0. The normalized spacial score (nSPS) is 23.3. The maximum atomic E-state index is 11.1. The second-order valence-corrected chi connectivity index (χ2v) is 8.93. The molecule has 0 aliphatic carbocycles. The van der Waals surface area contributed by atoms with E-state index in [1.54, 1.807) is 0 Å². The predicted octanol–water partition coefficient (Wildman–Crippen LogP) is -0.114. The molecule has 1 rings (SSSR count). The predicted molar refractivity (Wildman–Crippen MR) is 57.1 cm³/mol. The molecule has 0 spiro atoms. The van der Waals surface area contributed by atoms with Crippen LogP contribution < -0.4 is 0 Å². The molecule has 0 saturated heterocycles. The number of cyclic esters (lactones) is 1. The van der Waals surface area contributed by atoms with Crippen molar-refractivity contribution in [2.24, 2.45) is 0 Å². The average Bonchev–Trinajstić information content (AvgIpc) is 2.43. The van der Waals surface area contributed by atoms with Crippen LogP contribution in [0.25, 0.3) is 0 Å². The number of ether oxygens (including phenoxy) is 1. The first-order valence-corrected chi connectivity index (χ1v) is 8.29. The Kier molecular flexibility index (Phi) is 3.61. The first-order valence-electron chi connectivity index (χ1n) is 4.88. The van der Waals surface area contributed by atoms with Gasteiger partial charge in [0.05, 0.1) is 6.61 Å². The van der Waals surface area contributed by atoms with Gasteiger partial charge < -0.3 is 24.5 Å². The van der Waals surface area contributed by atoms with Crippen molar-refractivity contribution in [2.45, 2.75) is 31.8 Å². The van der Waals surface area contributed by atoms with Crippen LogP contribution in [0.5, 0.6) is 0 Å². The number of esters is 1. The number of hydrogen-bond acceptors (Lipinski definition) is 6. The van der Waals surface area contributed by atoms with Crippen LogP contribution in [0.4, 0.5) is 0 Å². The summed E-state index contributed by atoms with van der Waals surface area (Å²) in [5.41, 5.74) is 0. The molecule has 92 valence electrons. The molecule has 0 aromatic heterocycles. The second-order valence-electron chi connectivity index (χ2n) is 4.50. The minimum Gasteiger partial charge on any atom is -0.542 e. The molecule has 0 aromatic carbocycles. The molecule has 7 heteroatoms. The van der Waals surface area contributed by atoms with Crippen LogP contribution in [-0.2, 0) is 14.0 Å². The Labute approximate surface area is 94.2 Å². The molecular weight excluding hydrogens is 232 g/mol. The topological polar surface area (TPSA) is 96.2 Å². The SMILES string of the molecule is C[Si](C)(C)OC1=C(O)C(=O)O[C@@H]1[C@@H](O)CO. The van der Waals surface area contributed by atoms with E-state index in [1.165, 1.54) is 0 Å². The number of carbonyl (C=O) groups excluding carboxylic acids is 1. The zero-order valence-corrected chi connectivity index (χ0v) is 10.4. The number of aliphatic hydroxyl groups excluding tert-OH is 3. The maximum absolute atomic E-state index is 11.1. The molecule has 1 heterocycles. The van der Waals surface area contributed by atoms with Crippen molar-refractivity contribution < 1.29 is 29.3 Å². The summed E-state index contributed by atoms with van der Waals surface area (Å²) in [7, 11) is -2.04. The summed E-state index contributed by atoms with van der Waals surface area (Å²) < 4.78 is 10.2. The third kappa shape index (κ3) is 2.74. The van der Waals surface area contributed by atoms with Crippen LogP contribution in [0, 0.1) is 0 Å². The monoisotopic (exact) mass is 248 g/mol. The highest BCUT2D eigenvalue weighted by Crippen LogP contribution is 2.27. The lowest BCUT2D eigenvalue weighted by Gasteiger charge is -2.24. The summed E-state index contributed by atoms with van der Waals surface area (Å²) in [4.78, 5) is 11.1. The number of rotatable bonds is 4. The molecule has 1 aliphatic rings. The Bertz CT molecular complexity index is 318. The molecule has 0 aromatic rings. The summed E-state index contributed by atoms with van der Waals surface area (Å²) in [6, 6.07) is 0. The fraction of sp³-hybridized carbons (Fsp3) is 0.667. The minimum atomic E-state index is -2.04. The van der Waals surface area contributed by atoms with E-state index in [-0.39, 0.29) is 5.76 Å². The highest BCUT2D eigenvalue weighted by Gasteiger charge is 2.42. The van der Waals surface area contributed by atoms with Gasteiger partial charge in [-0.3, -0.25) is 0 Å². The van der Waals surface area contributed by atoms with E-state index in [0.717, 1.165) is 0 Å². The summed E-state index contributed by atoms with van der Waals surface area (Å²) in [6.45, 7) is 5.00. The molecule has 2 atom stereocenters. The summed E-state index contributed by atoms with van der Waals surface area (Å²) in [6.07, 6.45) is -2.41. The van der Waals surface area contributed by atoms with Gasteiger partial charge in [-0.1, -0.05) is 0 Å². The third-order valence-corrected chi connectivity index (χ3v) is 2.70. The van der Waals surface area contributed by atoms with Crippen molar-refractivity contribution in [2.75, 3.05) is 6.61 Å². The molecule has 6 nitrogen and oxygen atoms in total. The van der Waals surface area contributed by atoms with Crippen molar-refractivity contribution >= 4 is 14.3 Å². The maximum Gasteiger partial charge on any atom is 0.377 e. The van der Waals surface area contributed by atoms with E-state index < -0.39 is 38.9 Å². The molecule has 16 heavy (non-hydrogen) atoms. The van der Waals surface area contributed by atoms with E-state index in [9.17, 15) is 15.0 Å². The van der Waals surface area contributed by atoms with Crippen LogP contribution in [0.2, 0.25) is 19.6 Å². The van der Waals surface area contributed by atoms with Crippen molar-refractivity contribution in [3.8, 4) is 0 Å². The van der Waals surface area contributed by atoms with Crippen molar-refractivity contribution in [3.63, 3.8) is 0 Å². The van der Waals surface area contributed by atoms with Crippen LogP contribution >= 0.6 is 0 Å². The summed E-state index contributed by atoms with van der Waals surface area (Å²) in [5, 5.41) is 27.7. The number of hydrogen-bond donors (Lipinski definition) is 3. The van der Waals surface area contributed by atoms with Gasteiger partial charge in [0.1, 0.15) is 6.10 Å². The van der Waals surface area contributed by atoms with E-state index in [1.807, 2.05) is 19.6 Å². The molecule has 0 bridgehead atoms. The van der Waals surface area contributed by atoms with Crippen LogP contribution in [0.3, 0.4) is 0 Å². The first kappa shape index (κ1) is 13.0. The van der Waals surface area contributed by atoms with Crippen LogP contribution in [0.1, 0.15) is 0 Å². The van der Waals surface area contributed by atoms with Crippen molar-refractivity contribution in [3.05, 3.63) is 11.5 Å². The van der Waals surface area contributed by atoms with Crippen molar-refractivity contribution in [1.82, 2.24) is 0 Å². The van der Waals surface area contributed by atoms with Gasteiger partial charge in [-0.2, -0.15) is 0 Å². The number of aliphatic hydroxyl groups is 3. The fourth-order valence-electron chi connectivity index (χ4n) is 1.25. The third-order valence-electron chi connectivity index (χ3n) is 1.87. The van der Waals surface area contributed by atoms with Gasteiger partial charge in [0.25, 0.3) is 0 Å². The Balaban J connectivity index is 2.94. The lowest BCUT2D eigenvalue weighted by atomic mass is 10.2. The van der Waals surface area contributed by atoms with Gasteiger partial charge in [-0.25, -0.2) is 4.79 Å². The molecule has 1 aliphatic heterocycles. The lowest BCUT2D eigenvalue weighted by Crippen LogP contribution is -2.36. The fourth-order valence-corrected chi connectivity index (χ4v) is 2.12. The van der Waals surface area contributed by atoms with E-state index >= 15 is 0 Å². The molecular formula is C9H16O6Si.